The lowest BCUT2D eigenvalue weighted by Gasteiger charge is -2.23. The molecular formula is C18H22O10. The van der Waals surface area contributed by atoms with E-state index in [0.29, 0.717) is 0 Å². The summed E-state index contributed by atoms with van der Waals surface area (Å²) in [5.41, 5.74) is 0. The van der Waals surface area contributed by atoms with Crippen molar-refractivity contribution in [2.75, 3.05) is 26.4 Å². The molecule has 10 nitrogen and oxygen atoms in total. The van der Waals surface area contributed by atoms with Crippen LogP contribution in [0.25, 0.3) is 0 Å². The molecule has 0 bridgehead atoms. The molecule has 154 valence electrons. The molecule has 0 N–H and O–H groups in total. The second-order valence-corrected chi connectivity index (χ2v) is 4.61. The lowest BCUT2D eigenvalue weighted by molar-refractivity contribution is -0.175. The number of hydrogen-bond acceptors (Lipinski definition) is 10. The molecule has 0 aliphatic heterocycles. The Morgan fingerprint density at radius 3 is 1.14 bits per heavy atom. The molecule has 0 aliphatic rings. The van der Waals surface area contributed by atoms with Gasteiger partial charge in [-0.1, -0.05) is 50.6 Å². The second kappa shape index (κ2) is 14.6. The largest absolute Gasteiger partial charge is 0.509 e. The molecule has 2 unspecified atom stereocenters. The molecule has 0 amide bonds. The topological polar surface area (TPSA) is 124 Å². The van der Waals surface area contributed by atoms with Gasteiger partial charge in [-0.3, -0.25) is 0 Å². The molecule has 0 rings (SSSR count). The predicted octanol–water partition coefficient (Wildman–Crippen LogP) is 1.86. The average Bonchev–Trinajstić information content (AvgIpc) is 2.69. The van der Waals surface area contributed by atoms with E-state index in [1.165, 1.54) is 24.3 Å². The van der Waals surface area contributed by atoms with Crippen LogP contribution in [0.4, 0.5) is 9.59 Å². The van der Waals surface area contributed by atoms with E-state index in [-0.39, 0.29) is 26.4 Å². The molecule has 0 saturated carbocycles. The average molecular weight is 398 g/mol. The molecule has 0 heterocycles. The maximum Gasteiger partial charge on any atom is 0.509 e. The van der Waals surface area contributed by atoms with Crippen LogP contribution in [0, 0.1) is 0 Å². The van der Waals surface area contributed by atoms with Gasteiger partial charge in [0.2, 0.25) is 12.2 Å². The first-order chi connectivity index (χ1) is 13.4. The lowest BCUT2D eigenvalue weighted by atomic mass is 10.2. The fourth-order valence-corrected chi connectivity index (χ4v) is 1.44. The van der Waals surface area contributed by atoms with E-state index >= 15 is 0 Å². The Morgan fingerprint density at radius 1 is 0.571 bits per heavy atom. The fourth-order valence-electron chi connectivity index (χ4n) is 1.44. The van der Waals surface area contributed by atoms with E-state index in [9.17, 15) is 19.2 Å². The Balaban J connectivity index is 5.58. The Labute approximate surface area is 162 Å². The van der Waals surface area contributed by atoms with Crippen molar-refractivity contribution < 1.29 is 47.6 Å². The van der Waals surface area contributed by atoms with Crippen LogP contribution in [-0.2, 0) is 38.0 Å². The number of carbonyl (C=O) groups excluding carboxylic acids is 4. The molecule has 0 aliphatic carbocycles. The molecule has 0 spiro atoms. The molecule has 28 heavy (non-hydrogen) atoms. The Kier molecular flexibility index (Phi) is 12.7. The van der Waals surface area contributed by atoms with Crippen LogP contribution in [0.1, 0.15) is 0 Å². The normalized spacial score (nSPS) is 11.6. The van der Waals surface area contributed by atoms with E-state index in [1.54, 1.807) is 0 Å². The van der Waals surface area contributed by atoms with Crippen molar-refractivity contribution in [1.82, 2.24) is 0 Å². The Hall–Kier alpha value is -3.56. The summed E-state index contributed by atoms with van der Waals surface area (Å²) in [7, 11) is 0. The van der Waals surface area contributed by atoms with Crippen molar-refractivity contribution in [2.24, 2.45) is 0 Å². The Morgan fingerprint density at radius 2 is 0.857 bits per heavy atom. The van der Waals surface area contributed by atoms with E-state index in [2.05, 4.69) is 35.8 Å². The molecule has 0 aromatic carbocycles. The summed E-state index contributed by atoms with van der Waals surface area (Å²) < 4.78 is 28.3. The smallest absolute Gasteiger partial charge is 0.459 e. The van der Waals surface area contributed by atoms with Gasteiger partial charge < -0.3 is 28.4 Å². The van der Waals surface area contributed by atoms with Crippen molar-refractivity contribution in [3.63, 3.8) is 0 Å². The minimum atomic E-state index is -2.04. The number of carbonyl (C=O) groups is 4. The van der Waals surface area contributed by atoms with Gasteiger partial charge in [0.25, 0.3) is 0 Å². The van der Waals surface area contributed by atoms with E-state index in [0.717, 1.165) is 0 Å². The van der Waals surface area contributed by atoms with Gasteiger partial charge in [-0.25, -0.2) is 19.2 Å². The molecule has 0 aromatic heterocycles. The molecule has 2 atom stereocenters. The third-order valence-corrected chi connectivity index (χ3v) is 2.51. The SMILES string of the molecule is C=CCOC(=O)OC(C(=O)OCC=C)C(OC(=O)OCC=C)C(=O)OCC=C. The maximum absolute atomic E-state index is 12.2. The lowest BCUT2D eigenvalue weighted by Crippen LogP contribution is -2.47. The summed E-state index contributed by atoms with van der Waals surface area (Å²) in [5, 5.41) is 0. The van der Waals surface area contributed by atoms with Crippen LogP contribution < -0.4 is 0 Å². The highest BCUT2D eigenvalue weighted by Crippen LogP contribution is 2.13. The zero-order chi connectivity index (χ0) is 21.4. The van der Waals surface area contributed by atoms with Crippen molar-refractivity contribution >= 4 is 24.2 Å². The second-order valence-electron chi connectivity index (χ2n) is 4.61. The minimum absolute atomic E-state index is 0.235. The summed E-state index contributed by atoms with van der Waals surface area (Å²) in [6.07, 6.45) is -1.81. The number of hydrogen-bond donors (Lipinski definition) is 0. The Bertz CT molecular complexity index is 543. The zero-order valence-electron chi connectivity index (χ0n) is 15.2. The monoisotopic (exact) mass is 398 g/mol. The zero-order valence-corrected chi connectivity index (χ0v) is 15.2. The van der Waals surface area contributed by atoms with Gasteiger partial charge in [0.1, 0.15) is 26.4 Å². The molecule has 0 aromatic rings. The van der Waals surface area contributed by atoms with E-state index < -0.39 is 36.5 Å². The van der Waals surface area contributed by atoms with Crippen LogP contribution in [0.5, 0.6) is 0 Å². The van der Waals surface area contributed by atoms with Gasteiger partial charge in [-0.05, 0) is 0 Å². The molecule has 0 saturated heterocycles. The molecular weight excluding hydrogens is 376 g/mol. The number of rotatable bonds is 13. The maximum atomic E-state index is 12.2. The van der Waals surface area contributed by atoms with E-state index in [1.807, 2.05) is 0 Å². The third kappa shape index (κ3) is 9.80. The van der Waals surface area contributed by atoms with Crippen LogP contribution in [0.2, 0.25) is 0 Å². The first-order valence-corrected chi connectivity index (χ1v) is 7.84. The predicted molar refractivity (Wildman–Crippen MR) is 95.1 cm³/mol. The molecule has 10 heteroatoms. The van der Waals surface area contributed by atoms with Crippen LogP contribution in [0.15, 0.2) is 50.6 Å². The minimum Gasteiger partial charge on any atom is -0.459 e. The number of esters is 2. The standard InChI is InChI=1S/C18H22O10/c1-5-9-23-15(19)13(27-17(21)25-11-7-3)14(16(20)24-10-6-2)28-18(22)26-12-8-4/h5-8,13-14H,1-4,9-12H2. The van der Waals surface area contributed by atoms with Crippen LogP contribution in [0.3, 0.4) is 0 Å². The van der Waals surface area contributed by atoms with Crippen LogP contribution >= 0.6 is 0 Å². The van der Waals surface area contributed by atoms with Gasteiger partial charge in [0, 0.05) is 0 Å². The first-order valence-electron chi connectivity index (χ1n) is 7.84. The van der Waals surface area contributed by atoms with Gasteiger partial charge in [0.15, 0.2) is 0 Å². The molecule has 0 fully saturated rings. The number of ether oxygens (including phenoxy) is 6. The van der Waals surface area contributed by atoms with Crippen LogP contribution in [-0.4, -0.2) is 62.9 Å². The molecule has 0 radical (unpaired) electrons. The van der Waals surface area contributed by atoms with Gasteiger partial charge in [0.05, 0.1) is 0 Å². The van der Waals surface area contributed by atoms with Crippen molar-refractivity contribution in [3.8, 4) is 0 Å². The summed E-state index contributed by atoms with van der Waals surface area (Å²) >= 11 is 0. The van der Waals surface area contributed by atoms with E-state index in [4.69, 9.17) is 18.9 Å². The highest BCUT2D eigenvalue weighted by Gasteiger charge is 2.43. The first kappa shape index (κ1) is 24.4. The highest BCUT2D eigenvalue weighted by molar-refractivity contribution is 5.88. The van der Waals surface area contributed by atoms with Crippen molar-refractivity contribution in [3.05, 3.63) is 50.6 Å². The highest BCUT2D eigenvalue weighted by atomic mass is 16.8. The third-order valence-electron chi connectivity index (χ3n) is 2.51. The summed E-state index contributed by atoms with van der Waals surface area (Å²) in [6.45, 7) is 12.4. The summed E-state index contributed by atoms with van der Waals surface area (Å²) in [5.74, 6) is -2.43. The summed E-state index contributed by atoms with van der Waals surface area (Å²) in [4.78, 5) is 47.9. The fraction of sp³-hybridized carbons (Fsp3) is 0.333. The summed E-state index contributed by atoms with van der Waals surface area (Å²) in [6, 6.07) is 0. The van der Waals surface area contributed by atoms with Gasteiger partial charge in [-0.2, -0.15) is 0 Å². The quantitative estimate of drug-likeness (QED) is 0.258. The van der Waals surface area contributed by atoms with Gasteiger partial charge >= 0.3 is 24.2 Å². The van der Waals surface area contributed by atoms with Gasteiger partial charge in [-0.15, -0.1) is 0 Å². The van der Waals surface area contributed by atoms with Crippen molar-refractivity contribution in [1.29, 1.82) is 0 Å². The van der Waals surface area contributed by atoms with Crippen molar-refractivity contribution in [2.45, 2.75) is 12.2 Å².